The predicted molar refractivity (Wildman–Crippen MR) is 153 cm³/mol. The van der Waals surface area contributed by atoms with Gasteiger partial charge in [0.2, 0.25) is 11.8 Å². The molecule has 2 aliphatic rings. The van der Waals surface area contributed by atoms with Gasteiger partial charge in [-0.1, -0.05) is 68.4 Å². The fourth-order valence-electron chi connectivity index (χ4n) is 6.27. The lowest BCUT2D eigenvalue weighted by Gasteiger charge is -2.41. The molecule has 4 aromatic rings. The molecule has 0 amide bonds. The second-order valence-electron chi connectivity index (χ2n) is 11.2. The summed E-state index contributed by atoms with van der Waals surface area (Å²) in [5, 5.41) is 0. The van der Waals surface area contributed by atoms with Crippen LogP contribution in [-0.2, 0) is 16.4 Å². The van der Waals surface area contributed by atoms with Crippen molar-refractivity contribution in [1.29, 1.82) is 0 Å². The normalized spacial score (nSPS) is 21.1. The van der Waals surface area contributed by atoms with Gasteiger partial charge in [0.1, 0.15) is 6.10 Å². The van der Waals surface area contributed by atoms with Crippen molar-refractivity contribution < 1.29 is 13.2 Å². The van der Waals surface area contributed by atoms with Gasteiger partial charge in [-0.3, -0.25) is 0 Å². The van der Waals surface area contributed by atoms with Gasteiger partial charge in [-0.2, -0.15) is 4.98 Å². The zero-order valence-corrected chi connectivity index (χ0v) is 23.5. The van der Waals surface area contributed by atoms with Crippen LogP contribution in [0.2, 0.25) is 0 Å². The van der Waals surface area contributed by atoms with Crippen molar-refractivity contribution in [3.8, 4) is 17.1 Å². The molecule has 6 bridgehead atoms. The minimum Gasteiger partial charge on any atom is -0.469 e. The molecule has 0 fully saturated rings. The highest BCUT2D eigenvalue weighted by Gasteiger charge is 2.40. The fourth-order valence-corrected chi connectivity index (χ4v) is 7.27. The number of sulfonamides is 1. The topological polar surface area (TPSA) is 81.2 Å². The van der Waals surface area contributed by atoms with Gasteiger partial charge in [-0.05, 0) is 78.5 Å². The lowest BCUT2D eigenvalue weighted by atomic mass is 9.68. The van der Waals surface area contributed by atoms with Crippen LogP contribution in [-0.4, -0.2) is 18.4 Å². The molecule has 3 aromatic carbocycles. The molecule has 6 nitrogen and oxygen atoms in total. The van der Waals surface area contributed by atoms with Crippen LogP contribution in [0.15, 0.2) is 77.7 Å². The Kier molecular flexibility index (Phi) is 6.42. The van der Waals surface area contributed by atoms with E-state index in [9.17, 15) is 8.42 Å². The zero-order valence-electron chi connectivity index (χ0n) is 22.7. The maximum Gasteiger partial charge on any atom is 0.264 e. The monoisotopic (exact) mass is 539 g/mol. The molecule has 1 aliphatic carbocycles. The number of hydrogen-bond acceptors (Lipinski definition) is 5. The van der Waals surface area contributed by atoms with E-state index in [2.05, 4.69) is 52.8 Å². The number of aromatic nitrogens is 2. The van der Waals surface area contributed by atoms with Gasteiger partial charge in [0.05, 0.1) is 10.6 Å². The van der Waals surface area contributed by atoms with Crippen LogP contribution >= 0.6 is 0 Å². The SMILES string of the molecule is Cc1cccc(C)c1-c1cc2nc(n1)NS(=O)(=O)c1cccc(c1)C1Cc3ccccc3C(O2)[C@H]1CC(C)C. The van der Waals surface area contributed by atoms with E-state index in [1.807, 2.05) is 56.3 Å². The molecule has 2 unspecified atom stereocenters. The molecule has 7 heteroatoms. The van der Waals surface area contributed by atoms with Gasteiger partial charge >= 0.3 is 0 Å². The van der Waals surface area contributed by atoms with Crippen LogP contribution in [0.25, 0.3) is 11.3 Å². The summed E-state index contributed by atoms with van der Waals surface area (Å²) in [4.78, 5) is 9.48. The van der Waals surface area contributed by atoms with Crippen molar-refractivity contribution in [2.75, 3.05) is 4.72 Å². The highest BCUT2D eigenvalue weighted by atomic mass is 32.2. The van der Waals surface area contributed by atoms with Crippen LogP contribution in [0.3, 0.4) is 0 Å². The molecule has 0 saturated heterocycles. The third-order valence-electron chi connectivity index (χ3n) is 7.96. The van der Waals surface area contributed by atoms with Crippen molar-refractivity contribution in [1.82, 2.24) is 9.97 Å². The summed E-state index contributed by atoms with van der Waals surface area (Å²) in [6.45, 7) is 8.51. The van der Waals surface area contributed by atoms with E-state index in [1.54, 1.807) is 6.07 Å². The number of nitrogens with one attached hydrogen (secondary N) is 1. The molecule has 1 aliphatic heterocycles. The van der Waals surface area contributed by atoms with Gasteiger partial charge in [-0.25, -0.2) is 18.1 Å². The quantitative estimate of drug-likeness (QED) is 0.303. The molecule has 3 atom stereocenters. The van der Waals surface area contributed by atoms with Crippen LogP contribution in [0.1, 0.15) is 60.1 Å². The number of benzene rings is 3. The molecule has 1 N–H and O–H groups in total. The lowest BCUT2D eigenvalue weighted by Crippen LogP contribution is -2.33. The van der Waals surface area contributed by atoms with Crippen molar-refractivity contribution >= 4 is 16.0 Å². The summed E-state index contributed by atoms with van der Waals surface area (Å²) in [6, 6.07) is 23.7. The Labute approximate surface area is 230 Å². The van der Waals surface area contributed by atoms with Crippen molar-refractivity contribution in [3.63, 3.8) is 0 Å². The van der Waals surface area contributed by atoms with Crippen LogP contribution in [0.5, 0.6) is 5.88 Å². The lowest BCUT2D eigenvalue weighted by molar-refractivity contribution is 0.0854. The largest absolute Gasteiger partial charge is 0.469 e. The van der Waals surface area contributed by atoms with Gasteiger partial charge in [-0.15, -0.1) is 0 Å². The molecule has 200 valence electrons. The Morgan fingerprint density at radius 3 is 2.46 bits per heavy atom. The molecule has 1 aromatic heterocycles. The van der Waals surface area contributed by atoms with Crippen molar-refractivity contribution in [2.45, 2.75) is 57.5 Å². The molecular formula is C32H33N3O3S. The van der Waals surface area contributed by atoms with Gasteiger partial charge < -0.3 is 4.74 Å². The summed E-state index contributed by atoms with van der Waals surface area (Å²) in [5.74, 6) is 1.02. The standard InChI is InChI=1S/C32H33N3O3S/c1-19(2)15-27-26-17-23-11-5-6-14-25(23)31(27)38-29-18-28(30-20(3)9-7-10-21(30)4)33-32(34-29)35-39(36,37)24-13-8-12-22(26)16-24/h5-14,16,18-19,26-27,31H,15,17H2,1-4H3,(H,33,34,35)/t26?,27-,31?/m0/s1. The van der Waals surface area contributed by atoms with E-state index < -0.39 is 10.0 Å². The maximum atomic E-state index is 13.6. The third kappa shape index (κ3) is 4.80. The average Bonchev–Trinajstić information content (AvgIpc) is 2.89. The highest BCUT2D eigenvalue weighted by Crippen LogP contribution is 2.48. The average molecular weight is 540 g/mol. The van der Waals surface area contributed by atoms with E-state index in [0.717, 1.165) is 35.1 Å². The van der Waals surface area contributed by atoms with Crippen LogP contribution < -0.4 is 9.46 Å². The number of nitrogens with zero attached hydrogens (tertiary/aromatic N) is 2. The first kappa shape index (κ1) is 25.6. The second-order valence-corrected chi connectivity index (χ2v) is 12.9. The Balaban J connectivity index is 1.62. The molecule has 2 heterocycles. The highest BCUT2D eigenvalue weighted by molar-refractivity contribution is 7.92. The predicted octanol–water partition coefficient (Wildman–Crippen LogP) is 7.00. The molecular weight excluding hydrogens is 506 g/mol. The number of anilines is 1. The second kappa shape index (κ2) is 9.79. The summed E-state index contributed by atoms with van der Waals surface area (Å²) in [5.41, 5.74) is 7.06. The Morgan fingerprint density at radius 1 is 0.949 bits per heavy atom. The van der Waals surface area contributed by atoms with Crippen molar-refractivity contribution in [2.24, 2.45) is 11.8 Å². The van der Waals surface area contributed by atoms with E-state index in [0.29, 0.717) is 17.5 Å². The summed E-state index contributed by atoms with van der Waals surface area (Å²) < 4.78 is 36.6. The molecule has 0 saturated carbocycles. The van der Waals surface area contributed by atoms with Gasteiger partial charge in [0, 0.05) is 17.5 Å². The van der Waals surface area contributed by atoms with E-state index in [1.165, 1.54) is 11.1 Å². The fraction of sp³-hybridized carbons (Fsp3) is 0.312. The van der Waals surface area contributed by atoms with Gasteiger partial charge in [0.25, 0.3) is 10.0 Å². The zero-order chi connectivity index (χ0) is 27.3. The van der Waals surface area contributed by atoms with E-state index in [-0.39, 0.29) is 28.8 Å². The number of ether oxygens (including phenoxy) is 1. The maximum absolute atomic E-state index is 13.6. The third-order valence-corrected chi connectivity index (χ3v) is 9.29. The summed E-state index contributed by atoms with van der Waals surface area (Å²) in [6.07, 6.45) is 1.52. The minimum atomic E-state index is -3.92. The smallest absolute Gasteiger partial charge is 0.264 e. The number of hydrogen-bond donors (Lipinski definition) is 1. The number of rotatable bonds is 3. The Morgan fingerprint density at radius 2 is 1.69 bits per heavy atom. The number of aryl methyl sites for hydroxylation is 2. The minimum absolute atomic E-state index is 0.00261. The first-order valence-corrected chi connectivity index (χ1v) is 15.0. The van der Waals surface area contributed by atoms with E-state index >= 15 is 0 Å². The van der Waals surface area contributed by atoms with Crippen LogP contribution in [0, 0.1) is 25.7 Å². The summed E-state index contributed by atoms with van der Waals surface area (Å²) >= 11 is 0. The van der Waals surface area contributed by atoms with Crippen molar-refractivity contribution in [3.05, 3.63) is 101 Å². The number of fused-ring (bicyclic) bond motifs is 9. The summed E-state index contributed by atoms with van der Waals surface area (Å²) in [7, 11) is -3.92. The van der Waals surface area contributed by atoms with Gasteiger partial charge in [0.15, 0.2) is 0 Å². The molecule has 6 rings (SSSR count). The van der Waals surface area contributed by atoms with E-state index in [4.69, 9.17) is 4.74 Å². The first-order valence-electron chi connectivity index (χ1n) is 13.5. The molecule has 0 spiro atoms. The first-order chi connectivity index (χ1) is 18.7. The molecule has 0 radical (unpaired) electrons. The van der Waals surface area contributed by atoms with Crippen LogP contribution in [0.4, 0.5) is 5.95 Å². The Bertz CT molecular complexity index is 1650. The molecule has 39 heavy (non-hydrogen) atoms. The Hall–Kier alpha value is -3.71.